The molecule has 1 aliphatic rings. The zero-order valence-electron chi connectivity index (χ0n) is 9.15. The number of carbonyl (C=O) groups is 1. The average Bonchev–Trinajstić information content (AvgIpc) is 2.13. The fourth-order valence-electron chi connectivity index (χ4n) is 1.24. The predicted molar refractivity (Wildman–Crippen MR) is 59.8 cm³/mol. The van der Waals surface area contributed by atoms with E-state index in [1.165, 1.54) is 11.8 Å². The fraction of sp³-hybridized carbons (Fsp3) is 0.778. The van der Waals surface area contributed by atoms with Crippen molar-refractivity contribution in [2.24, 2.45) is 16.3 Å². The molecule has 1 heterocycles. The number of primary amides is 1. The molecule has 15 heavy (non-hydrogen) atoms. The second-order valence-electron chi connectivity index (χ2n) is 4.31. The molecule has 0 saturated carbocycles. The summed E-state index contributed by atoms with van der Waals surface area (Å²) in [5, 5.41) is 4.38. The molecule has 0 bridgehead atoms. The van der Waals surface area contributed by atoms with Gasteiger partial charge in [0.2, 0.25) is 0 Å². The Hall–Kier alpha value is -0.750. The predicted octanol–water partition coefficient (Wildman–Crippen LogP) is 1.57. The number of nitrogens with zero attached hydrogens (tertiary/aromatic N) is 1. The molecule has 2 N–H and O–H groups in total. The molecule has 0 aromatic heterocycles. The van der Waals surface area contributed by atoms with Crippen LogP contribution in [-0.4, -0.2) is 29.6 Å². The van der Waals surface area contributed by atoms with E-state index in [4.69, 9.17) is 10.5 Å². The average molecular weight is 232 g/mol. The van der Waals surface area contributed by atoms with Gasteiger partial charge in [-0.15, -0.1) is 11.8 Å². The first-order valence-electron chi connectivity index (χ1n) is 4.70. The number of rotatable bonds is 1. The van der Waals surface area contributed by atoms with Crippen molar-refractivity contribution in [2.75, 3.05) is 12.4 Å². The first-order chi connectivity index (χ1) is 6.91. The highest BCUT2D eigenvalue weighted by molar-refractivity contribution is 8.14. The van der Waals surface area contributed by atoms with Gasteiger partial charge in [0.05, 0.1) is 6.61 Å². The molecule has 0 spiro atoms. The summed E-state index contributed by atoms with van der Waals surface area (Å²) in [6.07, 6.45) is -1.04. The highest BCUT2D eigenvalue weighted by atomic mass is 32.2. The van der Waals surface area contributed by atoms with Gasteiger partial charge in [0.15, 0.2) is 0 Å². The Morgan fingerprint density at radius 3 is 2.87 bits per heavy atom. The minimum atomic E-state index is -0.902. The number of nitrogens with two attached hydrogens (primary N) is 1. The van der Waals surface area contributed by atoms with Crippen molar-refractivity contribution in [1.82, 2.24) is 0 Å². The Morgan fingerprint density at radius 2 is 2.33 bits per heavy atom. The molecule has 0 aromatic carbocycles. The lowest BCUT2D eigenvalue weighted by molar-refractivity contribution is 0.0346. The van der Waals surface area contributed by atoms with Crippen molar-refractivity contribution in [1.29, 1.82) is 0 Å². The number of ether oxygens (including phenoxy) is 1. The van der Waals surface area contributed by atoms with E-state index in [0.717, 1.165) is 5.75 Å². The maximum Gasteiger partial charge on any atom is 0.430 e. The number of oxime groups is 1. The topological polar surface area (TPSA) is 73.9 Å². The maximum atomic E-state index is 10.4. The summed E-state index contributed by atoms with van der Waals surface area (Å²) in [4.78, 5) is 14.9. The van der Waals surface area contributed by atoms with Gasteiger partial charge in [0.25, 0.3) is 0 Å². The van der Waals surface area contributed by atoms with Gasteiger partial charge in [-0.05, 0) is 5.41 Å². The number of thioether (sulfide) groups is 1. The first-order valence-corrected chi connectivity index (χ1v) is 5.68. The van der Waals surface area contributed by atoms with E-state index in [1.807, 2.05) is 20.8 Å². The first kappa shape index (κ1) is 12.3. The lowest BCUT2D eigenvalue weighted by Crippen LogP contribution is -2.39. The van der Waals surface area contributed by atoms with Crippen molar-refractivity contribution in [2.45, 2.75) is 26.9 Å². The normalized spacial score (nSPS) is 25.3. The molecule has 5 nitrogen and oxygen atoms in total. The summed E-state index contributed by atoms with van der Waals surface area (Å²) in [5.41, 5.74) is 4.77. The zero-order chi connectivity index (χ0) is 11.5. The molecule has 0 aliphatic carbocycles. The third-order valence-electron chi connectivity index (χ3n) is 1.85. The molecule has 0 radical (unpaired) electrons. The summed E-state index contributed by atoms with van der Waals surface area (Å²) in [5.74, 6) is 0.813. The molecule has 0 aromatic rings. The summed E-state index contributed by atoms with van der Waals surface area (Å²) >= 11 is 1.53. The van der Waals surface area contributed by atoms with Gasteiger partial charge in [-0.2, -0.15) is 0 Å². The second-order valence-corrected chi connectivity index (χ2v) is 5.42. The van der Waals surface area contributed by atoms with Crippen LogP contribution in [0.3, 0.4) is 0 Å². The number of carbonyl (C=O) groups excluding carboxylic acids is 1. The monoisotopic (exact) mass is 232 g/mol. The molecule has 86 valence electrons. The minimum absolute atomic E-state index is 0.0761. The van der Waals surface area contributed by atoms with Crippen molar-refractivity contribution >= 4 is 22.9 Å². The van der Waals surface area contributed by atoms with Gasteiger partial charge < -0.3 is 10.5 Å². The summed E-state index contributed by atoms with van der Waals surface area (Å²) in [6.45, 7) is 6.82. The standard InChI is InChI=1S/C9H16N2O3S/c1-9(2,3)6-7(11-14-8(10)12)15-5-4-13-6/h6H,4-5H2,1-3H3,(H2,10,12). The lowest BCUT2D eigenvalue weighted by Gasteiger charge is -2.33. The van der Waals surface area contributed by atoms with Crippen LogP contribution in [0.5, 0.6) is 0 Å². The number of hydrogen-bond acceptors (Lipinski definition) is 5. The van der Waals surface area contributed by atoms with E-state index in [1.54, 1.807) is 0 Å². The van der Waals surface area contributed by atoms with Crippen LogP contribution in [0.25, 0.3) is 0 Å². The van der Waals surface area contributed by atoms with Crippen LogP contribution >= 0.6 is 11.8 Å². The Labute approximate surface area is 93.4 Å². The van der Waals surface area contributed by atoms with E-state index in [9.17, 15) is 4.79 Å². The number of hydrogen-bond donors (Lipinski definition) is 1. The van der Waals surface area contributed by atoms with Crippen LogP contribution in [0.2, 0.25) is 0 Å². The van der Waals surface area contributed by atoms with Crippen molar-refractivity contribution in [3.63, 3.8) is 0 Å². The molecule has 6 heteroatoms. The van der Waals surface area contributed by atoms with Crippen molar-refractivity contribution in [3.8, 4) is 0 Å². The molecule has 1 fully saturated rings. The van der Waals surface area contributed by atoms with Gasteiger partial charge in [-0.3, -0.25) is 4.84 Å². The summed E-state index contributed by atoms with van der Waals surface area (Å²) in [7, 11) is 0. The van der Waals surface area contributed by atoms with Crippen molar-refractivity contribution < 1.29 is 14.4 Å². The Kier molecular flexibility index (Phi) is 3.98. The third-order valence-corrected chi connectivity index (χ3v) is 2.81. The van der Waals surface area contributed by atoms with Crippen LogP contribution < -0.4 is 5.73 Å². The van der Waals surface area contributed by atoms with Crippen LogP contribution in [0, 0.1) is 5.41 Å². The lowest BCUT2D eigenvalue weighted by atomic mass is 9.89. The minimum Gasteiger partial charge on any atom is -0.370 e. The van der Waals surface area contributed by atoms with Gasteiger partial charge in [0.1, 0.15) is 11.1 Å². The molecule has 1 rings (SSSR count). The van der Waals surface area contributed by atoms with Gasteiger partial charge in [-0.25, -0.2) is 4.79 Å². The van der Waals surface area contributed by atoms with E-state index >= 15 is 0 Å². The molecule has 1 unspecified atom stereocenters. The van der Waals surface area contributed by atoms with Gasteiger partial charge >= 0.3 is 6.09 Å². The highest BCUT2D eigenvalue weighted by Gasteiger charge is 2.33. The summed E-state index contributed by atoms with van der Waals surface area (Å²) in [6, 6.07) is 0. The maximum absolute atomic E-state index is 10.4. The van der Waals surface area contributed by atoms with Crippen LogP contribution in [0.4, 0.5) is 4.79 Å². The van der Waals surface area contributed by atoms with Crippen LogP contribution in [0.1, 0.15) is 20.8 Å². The van der Waals surface area contributed by atoms with E-state index in [0.29, 0.717) is 11.7 Å². The van der Waals surface area contributed by atoms with Gasteiger partial charge in [-0.1, -0.05) is 25.9 Å². The molecule has 1 saturated heterocycles. The Bertz CT molecular complexity index is 273. The largest absolute Gasteiger partial charge is 0.430 e. The molecule has 1 atom stereocenters. The van der Waals surface area contributed by atoms with Crippen molar-refractivity contribution in [3.05, 3.63) is 0 Å². The fourth-order valence-corrected chi connectivity index (χ4v) is 2.30. The van der Waals surface area contributed by atoms with E-state index in [2.05, 4.69) is 9.99 Å². The zero-order valence-corrected chi connectivity index (χ0v) is 9.97. The molecule has 1 aliphatic heterocycles. The Morgan fingerprint density at radius 1 is 1.67 bits per heavy atom. The quantitative estimate of drug-likeness (QED) is 0.550. The van der Waals surface area contributed by atoms with Gasteiger partial charge in [0, 0.05) is 5.75 Å². The second kappa shape index (κ2) is 4.85. The molecule has 1 amide bonds. The third kappa shape index (κ3) is 3.71. The van der Waals surface area contributed by atoms with E-state index < -0.39 is 6.09 Å². The smallest absolute Gasteiger partial charge is 0.370 e. The molecular formula is C9H16N2O3S. The molecular weight excluding hydrogens is 216 g/mol. The summed E-state index contributed by atoms with van der Waals surface area (Å²) < 4.78 is 5.60. The van der Waals surface area contributed by atoms with E-state index in [-0.39, 0.29) is 11.5 Å². The van der Waals surface area contributed by atoms with Crippen LogP contribution in [-0.2, 0) is 9.57 Å². The van der Waals surface area contributed by atoms with Crippen LogP contribution in [0.15, 0.2) is 5.16 Å². The SMILES string of the molecule is CC(C)(C)C1OCCSC1=NOC(N)=O. The highest BCUT2D eigenvalue weighted by Crippen LogP contribution is 2.30. The number of amides is 1. The Balaban J connectivity index is 2.74.